The average molecular weight is 362 g/mol. The summed E-state index contributed by atoms with van der Waals surface area (Å²) in [6.45, 7) is 11.3. The fourth-order valence-corrected chi connectivity index (χ4v) is 2.40. The topological polar surface area (TPSA) is 106 Å². The molecule has 2 aromatic rings. The zero-order valence-electron chi connectivity index (χ0n) is 16.2. The Kier molecular flexibility index (Phi) is 8.04. The van der Waals surface area contributed by atoms with Crippen molar-refractivity contribution in [2.75, 3.05) is 19.6 Å². The van der Waals surface area contributed by atoms with E-state index in [0.717, 1.165) is 56.5 Å². The van der Waals surface area contributed by atoms with Gasteiger partial charge in [-0.3, -0.25) is 4.99 Å². The molecule has 9 heteroatoms. The molecule has 0 amide bonds. The molecule has 0 bridgehead atoms. The molecule has 0 unspecified atom stereocenters. The quantitative estimate of drug-likeness (QED) is 0.375. The van der Waals surface area contributed by atoms with Crippen LogP contribution in [0.5, 0.6) is 0 Å². The lowest BCUT2D eigenvalue weighted by atomic mass is 10.2. The van der Waals surface area contributed by atoms with Crippen molar-refractivity contribution in [2.45, 2.75) is 59.4 Å². The molecule has 144 valence electrons. The maximum atomic E-state index is 5.25. The number of hydrogen-bond acceptors (Lipinski definition) is 6. The zero-order valence-corrected chi connectivity index (χ0v) is 16.2. The standard InChI is InChI=1S/C17H30N8O/c1-5-14-23-21-12-25(14)11-10-20-17(18-6-2)19-9-7-8-15-22-16(13(3)4)24-26-15/h12-13H,5-11H2,1-4H3,(H2,18,19,20). The highest BCUT2D eigenvalue weighted by Crippen LogP contribution is 2.10. The van der Waals surface area contributed by atoms with Crippen molar-refractivity contribution in [3.05, 3.63) is 23.9 Å². The second kappa shape index (κ2) is 10.5. The molecule has 0 aromatic carbocycles. The van der Waals surface area contributed by atoms with E-state index in [9.17, 15) is 0 Å². The second-order valence-electron chi connectivity index (χ2n) is 6.29. The van der Waals surface area contributed by atoms with E-state index in [0.29, 0.717) is 12.4 Å². The lowest BCUT2D eigenvalue weighted by Gasteiger charge is -2.12. The molecular formula is C17H30N8O. The Bertz CT molecular complexity index is 676. The summed E-state index contributed by atoms with van der Waals surface area (Å²) >= 11 is 0. The minimum Gasteiger partial charge on any atom is -0.357 e. The van der Waals surface area contributed by atoms with Crippen molar-refractivity contribution in [2.24, 2.45) is 4.99 Å². The van der Waals surface area contributed by atoms with E-state index in [1.54, 1.807) is 6.33 Å². The first-order valence-electron chi connectivity index (χ1n) is 9.35. The van der Waals surface area contributed by atoms with Crippen LogP contribution in [0.4, 0.5) is 0 Å². The molecule has 9 nitrogen and oxygen atoms in total. The van der Waals surface area contributed by atoms with Gasteiger partial charge in [-0.25, -0.2) is 0 Å². The summed E-state index contributed by atoms with van der Waals surface area (Å²) < 4.78 is 7.31. The van der Waals surface area contributed by atoms with E-state index in [2.05, 4.69) is 68.2 Å². The fraction of sp³-hybridized carbons (Fsp3) is 0.706. The van der Waals surface area contributed by atoms with Gasteiger partial charge >= 0.3 is 0 Å². The van der Waals surface area contributed by atoms with E-state index < -0.39 is 0 Å². The van der Waals surface area contributed by atoms with Gasteiger partial charge < -0.3 is 19.7 Å². The predicted octanol–water partition coefficient (Wildman–Crippen LogP) is 1.53. The van der Waals surface area contributed by atoms with Gasteiger partial charge in [-0.2, -0.15) is 4.98 Å². The summed E-state index contributed by atoms with van der Waals surface area (Å²) in [7, 11) is 0. The van der Waals surface area contributed by atoms with Gasteiger partial charge in [-0.05, 0) is 13.3 Å². The van der Waals surface area contributed by atoms with Gasteiger partial charge in [-0.15, -0.1) is 10.2 Å². The Hall–Kier alpha value is -2.45. The molecule has 0 spiro atoms. The molecule has 26 heavy (non-hydrogen) atoms. The SMILES string of the molecule is CCNC(=NCCCc1nc(C(C)C)no1)NCCn1cnnc1CC. The van der Waals surface area contributed by atoms with Crippen LogP contribution in [0.1, 0.15) is 57.6 Å². The summed E-state index contributed by atoms with van der Waals surface area (Å²) in [5, 5.41) is 18.6. The van der Waals surface area contributed by atoms with Crippen molar-refractivity contribution in [3.63, 3.8) is 0 Å². The number of aryl methyl sites for hydroxylation is 2. The molecule has 0 aliphatic heterocycles. The first-order valence-corrected chi connectivity index (χ1v) is 9.35. The van der Waals surface area contributed by atoms with Gasteiger partial charge in [0.15, 0.2) is 11.8 Å². The summed E-state index contributed by atoms with van der Waals surface area (Å²) in [6.07, 6.45) is 4.24. The third-order valence-electron chi connectivity index (χ3n) is 3.82. The smallest absolute Gasteiger partial charge is 0.226 e. The molecule has 0 aliphatic carbocycles. The van der Waals surface area contributed by atoms with Crippen LogP contribution in [0.3, 0.4) is 0 Å². The first-order chi connectivity index (χ1) is 12.6. The van der Waals surface area contributed by atoms with Crippen LogP contribution in [0, 0.1) is 0 Å². The van der Waals surface area contributed by atoms with Crippen LogP contribution >= 0.6 is 0 Å². The predicted molar refractivity (Wildman–Crippen MR) is 100 cm³/mol. The Balaban J connectivity index is 1.74. The summed E-state index contributed by atoms with van der Waals surface area (Å²) in [6, 6.07) is 0. The lowest BCUT2D eigenvalue weighted by Crippen LogP contribution is -2.39. The van der Waals surface area contributed by atoms with Gasteiger partial charge in [0.2, 0.25) is 5.89 Å². The van der Waals surface area contributed by atoms with Crippen molar-refractivity contribution in [1.29, 1.82) is 0 Å². The summed E-state index contributed by atoms with van der Waals surface area (Å²) in [5.41, 5.74) is 0. The van der Waals surface area contributed by atoms with E-state index in [1.165, 1.54) is 0 Å². The van der Waals surface area contributed by atoms with Gasteiger partial charge in [0.25, 0.3) is 0 Å². The Morgan fingerprint density at radius 3 is 2.85 bits per heavy atom. The van der Waals surface area contributed by atoms with Crippen LogP contribution in [0.25, 0.3) is 0 Å². The van der Waals surface area contributed by atoms with E-state index in [1.807, 2.05) is 0 Å². The van der Waals surface area contributed by atoms with Gasteiger partial charge in [0.1, 0.15) is 12.2 Å². The first kappa shape index (κ1) is 19.9. The minimum absolute atomic E-state index is 0.286. The maximum Gasteiger partial charge on any atom is 0.226 e. The number of hydrogen-bond donors (Lipinski definition) is 2. The average Bonchev–Trinajstić information content (AvgIpc) is 3.27. The highest BCUT2D eigenvalue weighted by Gasteiger charge is 2.09. The highest BCUT2D eigenvalue weighted by molar-refractivity contribution is 5.79. The monoisotopic (exact) mass is 362 g/mol. The fourth-order valence-electron chi connectivity index (χ4n) is 2.40. The summed E-state index contributed by atoms with van der Waals surface area (Å²) in [5.74, 6) is 3.54. The molecule has 2 aromatic heterocycles. The van der Waals surface area contributed by atoms with Crippen LogP contribution < -0.4 is 10.6 Å². The van der Waals surface area contributed by atoms with Crippen molar-refractivity contribution in [3.8, 4) is 0 Å². The molecule has 0 aliphatic rings. The van der Waals surface area contributed by atoms with Gasteiger partial charge in [0, 0.05) is 44.9 Å². The number of nitrogens with zero attached hydrogens (tertiary/aromatic N) is 6. The molecule has 0 radical (unpaired) electrons. The molecule has 2 heterocycles. The molecule has 0 fully saturated rings. The van der Waals surface area contributed by atoms with Gasteiger partial charge in [-0.1, -0.05) is 25.9 Å². The van der Waals surface area contributed by atoms with E-state index in [-0.39, 0.29) is 5.92 Å². The Morgan fingerprint density at radius 2 is 2.15 bits per heavy atom. The van der Waals surface area contributed by atoms with Crippen LogP contribution in [0.2, 0.25) is 0 Å². The molecular weight excluding hydrogens is 332 g/mol. The minimum atomic E-state index is 0.286. The molecule has 0 saturated carbocycles. The summed E-state index contributed by atoms with van der Waals surface area (Å²) in [4.78, 5) is 8.98. The number of guanidine groups is 1. The third kappa shape index (κ3) is 6.12. The van der Waals surface area contributed by atoms with E-state index in [4.69, 9.17) is 4.52 Å². The van der Waals surface area contributed by atoms with Crippen LogP contribution in [-0.4, -0.2) is 50.5 Å². The number of aromatic nitrogens is 5. The van der Waals surface area contributed by atoms with Gasteiger partial charge in [0.05, 0.1) is 0 Å². The number of nitrogens with one attached hydrogen (secondary N) is 2. The number of aliphatic imine (C=N–C) groups is 1. The second-order valence-corrected chi connectivity index (χ2v) is 6.29. The Labute approximate surface area is 154 Å². The molecule has 0 saturated heterocycles. The Morgan fingerprint density at radius 1 is 1.31 bits per heavy atom. The van der Waals surface area contributed by atoms with Crippen molar-refractivity contribution in [1.82, 2.24) is 35.5 Å². The zero-order chi connectivity index (χ0) is 18.8. The molecule has 2 N–H and O–H groups in total. The third-order valence-corrected chi connectivity index (χ3v) is 3.82. The van der Waals surface area contributed by atoms with Crippen LogP contribution in [-0.2, 0) is 19.4 Å². The molecule has 2 rings (SSSR count). The van der Waals surface area contributed by atoms with Crippen LogP contribution in [0.15, 0.2) is 15.8 Å². The maximum absolute atomic E-state index is 5.25. The highest BCUT2D eigenvalue weighted by atomic mass is 16.5. The van der Waals surface area contributed by atoms with Crippen molar-refractivity contribution < 1.29 is 4.52 Å². The normalized spacial score (nSPS) is 12.0. The van der Waals surface area contributed by atoms with Crippen molar-refractivity contribution >= 4 is 5.96 Å². The lowest BCUT2D eigenvalue weighted by molar-refractivity contribution is 0.369. The number of rotatable bonds is 10. The molecule has 0 atom stereocenters. The van der Waals surface area contributed by atoms with E-state index >= 15 is 0 Å². The largest absolute Gasteiger partial charge is 0.357 e.